The van der Waals surface area contributed by atoms with Gasteiger partial charge in [-0.25, -0.2) is 8.42 Å². The van der Waals surface area contributed by atoms with Gasteiger partial charge in [-0.1, -0.05) is 0 Å². The van der Waals surface area contributed by atoms with Crippen molar-refractivity contribution in [1.82, 2.24) is 4.90 Å². The van der Waals surface area contributed by atoms with Crippen LogP contribution in [0.15, 0.2) is 23.1 Å². The first kappa shape index (κ1) is 14.9. The van der Waals surface area contributed by atoms with Crippen LogP contribution in [0.2, 0.25) is 0 Å². The number of likely N-dealkylation sites (tertiary alicyclic amines) is 1. The van der Waals surface area contributed by atoms with Crippen LogP contribution < -0.4 is 0 Å². The largest absolute Gasteiger partial charge is 0.306 e. The molecular weight excluding hydrogens is 280 g/mol. The van der Waals surface area contributed by atoms with Crippen LogP contribution >= 0.6 is 0 Å². The molecule has 20 heavy (non-hydrogen) atoms. The van der Waals surface area contributed by atoms with Crippen molar-refractivity contribution in [3.8, 4) is 0 Å². The third-order valence-corrected chi connectivity index (χ3v) is 6.06. The molecule has 0 bridgehead atoms. The van der Waals surface area contributed by atoms with Crippen LogP contribution in [0.4, 0.5) is 5.69 Å². The number of aryl methyl sites for hydroxylation is 1. The quantitative estimate of drug-likeness (QED) is 0.627. The maximum atomic E-state index is 12.5. The van der Waals surface area contributed by atoms with E-state index in [1.807, 2.05) is 7.05 Å². The molecule has 0 amide bonds. The minimum Gasteiger partial charge on any atom is -0.306 e. The van der Waals surface area contributed by atoms with E-state index in [4.69, 9.17) is 0 Å². The second kappa shape index (κ2) is 5.49. The van der Waals surface area contributed by atoms with Crippen molar-refractivity contribution in [3.05, 3.63) is 33.9 Å². The molecular formula is C13H18N2O4S. The Morgan fingerprint density at radius 2 is 1.90 bits per heavy atom. The molecule has 0 saturated carbocycles. The number of nitro groups is 1. The Bertz CT molecular complexity index is 619. The lowest BCUT2D eigenvalue weighted by Gasteiger charge is -2.28. The van der Waals surface area contributed by atoms with Crippen LogP contribution in [-0.4, -0.2) is 43.6 Å². The Labute approximate surface area is 118 Å². The van der Waals surface area contributed by atoms with Crippen LogP contribution in [0.25, 0.3) is 0 Å². The van der Waals surface area contributed by atoms with Crippen LogP contribution in [0.5, 0.6) is 0 Å². The predicted octanol–water partition coefficient (Wildman–Crippen LogP) is 1.77. The Kier molecular flexibility index (Phi) is 4.10. The Balaban J connectivity index is 2.30. The summed E-state index contributed by atoms with van der Waals surface area (Å²) in [6.07, 6.45) is 1.21. The lowest BCUT2D eigenvalue weighted by molar-refractivity contribution is -0.385. The first-order valence-corrected chi connectivity index (χ1v) is 8.04. The SMILES string of the molecule is Cc1cc(S(=O)(=O)C2CCN(C)CC2)ccc1[N+](=O)[O-]. The van der Waals surface area contributed by atoms with Gasteiger partial charge in [0, 0.05) is 11.6 Å². The molecule has 0 aliphatic carbocycles. The number of piperidine rings is 1. The summed E-state index contributed by atoms with van der Waals surface area (Å²) in [4.78, 5) is 12.6. The third-order valence-electron chi connectivity index (χ3n) is 3.80. The Morgan fingerprint density at radius 3 is 2.40 bits per heavy atom. The first-order valence-electron chi connectivity index (χ1n) is 6.50. The fourth-order valence-corrected chi connectivity index (χ4v) is 4.31. The van der Waals surface area contributed by atoms with Crippen LogP contribution in [-0.2, 0) is 9.84 Å². The summed E-state index contributed by atoms with van der Waals surface area (Å²) in [6.45, 7) is 3.08. The number of hydrogen-bond donors (Lipinski definition) is 0. The van der Waals surface area contributed by atoms with Gasteiger partial charge in [-0.3, -0.25) is 10.1 Å². The lowest BCUT2D eigenvalue weighted by atomic mass is 10.1. The molecule has 0 aromatic heterocycles. The number of nitro benzene ring substituents is 1. The zero-order valence-electron chi connectivity index (χ0n) is 11.6. The molecule has 0 atom stereocenters. The molecule has 1 aliphatic heterocycles. The van der Waals surface area contributed by atoms with E-state index in [1.54, 1.807) is 6.92 Å². The van der Waals surface area contributed by atoms with E-state index in [9.17, 15) is 18.5 Å². The van der Waals surface area contributed by atoms with E-state index in [2.05, 4.69) is 4.90 Å². The van der Waals surface area contributed by atoms with Gasteiger partial charge in [0.25, 0.3) is 5.69 Å². The highest BCUT2D eigenvalue weighted by Gasteiger charge is 2.31. The lowest BCUT2D eigenvalue weighted by Crippen LogP contribution is -2.37. The maximum absolute atomic E-state index is 12.5. The van der Waals surface area contributed by atoms with Gasteiger partial charge < -0.3 is 4.90 Å². The van der Waals surface area contributed by atoms with E-state index in [0.29, 0.717) is 18.4 Å². The van der Waals surface area contributed by atoms with Crippen molar-refractivity contribution in [1.29, 1.82) is 0 Å². The summed E-state index contributed by atoms with van der Waals surface area (Å²) < 4.78 is 25.1. The molecule has 2 rings (SSSR count). The van der Waals surface area contributed by atoms with Crippen molar-refractivity contribution in [2.75, 3.05) is 20.1 Å². The smallest absolute Gasteiger partial charge is 0.272 e. The maximum Gasteiger partial charge on any atom is 0.272 e. The summed E-state index contributed by atoms with van der Waals surface area (Å²) in [5.41, 5.74) is 0.330. The van der Waals surface area contributed by atoms with Gasteiger partial charge >= 0.3 is 0 Å². The fourth-order valence-electron chi connectivity index (χ4n) is 2.50. The van der Waals surface area contributed by atoms with Gasteiger partial charge in [0.1, 0.15) is 0 Å². The molecule has 1 saturated heterocycles. The average Bonchev–Trinajstić information content (AvgIpc) is 2.38. The second-order valence-electron chi connectivity index (χ2n) is 5.25. The standard InChI is InChI=1S/C13H18N2O4S/c1-10-9-12(3-4-13(10)15(16)17)20(18,19)11-5-7-14(2)8-6-11/h3-4,9,11H,5-8H2,1-2H3. The molecule has 7 heteroatoms. The zero-order chi connectivity index (χ0) is 14.9. The highest BCUT2D eigenvalue weighted by atomic mass is 32.2. The summed E-state index contributed by atoms with van der Waals surface area (Å²) in [5.74, 6) is 0. The minimum atomic E-state index is -3.40. The van der Waals surface area contributed by atoms with E-state index < -0.39 is 14.8 Å². The van der Waals surface area contributed by atoms with Gasteiger partial charge in [0.05, 0.1) is 15.1 Å². The van der Waals surface area contributed by atoms with Crippen molar-refractivity contribution in [2.24, 2.45) is 0 Å². The number of nitrogens with zero attached hydrogens (tertiary/aromatic N) is 2. The predicted molar refractivity (Wildman–Crippen MR) is 75.5 cm³/mol. The number of rotatable bonds is 3. The van der Waals surface area contributed by atoms with Gasteiger partial charge in [-0.15, -0.1) is 0 Å². The normalized spacial score (nSPS) is 18.1. The van der Waals surface area contributed by atoms with Gasteiger partial charge in [-0.2, -0.15) is 0 Å². The third kappa shape index (κ3) is 2.83. The van der Waals surface area contributed by atoms with Crippen LogP contribution in [0.3, 0.4) is 0 Å². The number of hydrogen-bond acceptors (Lipinski definition) is 5. The summed E-state index contributed by atoms with van der Waals surface area (Å²) in [7, 11) is -1.43. The van der Waals surface area contributed by atoms with Gasteiger partial charge in [0.2, 0.25) is 0 Å². The molecule has 1 aliphatic rings. The summed E-state index contributed by atoms with van der Waals surface area (Å²) in [5, 5.41) is 10.4. The number of sulfone groups is 1. The van der Waals surface area contributed by atoms with Crippen LogP contribution in [0, 0.1) is 17.0 Å². The highest BCUT2D eigenvalue weighted by Crippen LogP contribution is 2.27. The van der Waals surface area contributed by atoms with E-state index in [-0.39, 0.29) is 15.8 Å². The van der Waals surface area contributed by atoms with E-state index in [0.717, 1.165) is 13.1 Å². The highest BCUT2D eigenvalue weighted by molar-refractivity contribution is 7.92. The summed E-state index contributed by atoms with van der Waals surface area (Å²) in [6, 6.07) is 4.03. The molecule has 1 fully saturated rings. The Hall–Kier alpha value is -1.47. The first-order chi connectivity index (χ1) is 9.32. The minimum absolute atomic E-state index is 0.0488. The molecule has 1 aromatic rings. The molecule has 0 unspecified atom stereocenters. The fraction of sp³-hybridized carbons (Fsp3) is 0.538. The van der Waals surface area contributed by atoms with Gasteiger partial charge in [0.15, 0.2) is 9.84 Å². The van der Waals surface area contributed by atoms with Crippen molar-refractivity contribution < 1.29 is 13.3 Å². The van der Waals surface area contributed by atoms with Crippen molar-refractivity contribution in [3.63, 3.8) is 0 Å². The molecule has 0 radical (unpaired) electrons. The molecule has 0 spiro atoms. The molecule has 6 nitrogen and oxygen atoms in total. The van der Waals surface area contributed by atoms with Crippen LogP contribution in [0.1, 0.15) is 18.4 Å². The summed E-state index contributed by atoms with van der Waals surface area (Å²) >= 11 is 0. The second-order valence-corrected chi connectivity index (χ2v) is 7.48. The monoisotopic (exact) mass is 298 g/mol. The molecule has 1 aromatic carbocycles. The average molecular weight is 298 g/mol. The topological polar surface area (TPSA) is 80.5 Å². The van der Waals surface area contributed by atoms with Crippen molar-refractivity contribution >= 4 is 15.5 Å². The van der Waals surface area contributed by atoms with E-state index in [1.165, 1.54) is 18.2 Å². The van der Waals surface area contributed by atoms with E-state index >= 15 is 0 Å². The molecule has 0 N–H and O–H groups in total. The zero-order valence-corrected chi connectivity index (χ0v) is 12.4. The molecule has 1 heterocycles. The van der Waals surface area contributed by atoms with Crippen molar-refractivity contribution in [2.45, 2.75) is 29.9 Å². The molecule has 110 valence electrons. The van der Waals surface area contributed by atoms with Gasteiger partial charge in [-0.05, 0) is 52.0 Å². The Morgan fingerprint density at radius 1 is 1.30 bits per heavy atom. The number of benzene rings is 1.